The third-order valence-corrected chi connectivity index (χ3v) is 4.35. The highest BCUT2D eigenvalue weighted by molar-refractivity contribution is 5.60. The molecule has 1 aliphatic rings. The molecule has 0 amide bonds. The van der Waals surface area contributed by atoms with E-state index in [0.29, 0.717) is 12.2 Å². The van der Waals surface area contributed by atoms with E-state index in [1.807, 2.05) is 18.3 Å². The second-order valence-electron chi connectivity index (χ2n) is 5.94. The molecule has 1 fully saturated rings. The standard InChI is InChI=1S/C18H20N4O/c23-17-3-1-2-14(10-17)11-18-20-13-16-12-15(4-7-22(16)18)21-8-5-19-6-9-21/h1-4,7,10,12-13,19,23H,5-6,8-9,11H2. The van der Waals surface area contributed by atoms with Crippen molar-refractivity contribution in [3.05, 3.63) is 60.2 Å². The van der Waals surface area contributed by atoms with Gasteiger partial charge in [0.1, 0.15) is 11.6 Å². The lowest BCUT2D eigenvalue weighted by atomic mass is 10.1. The molecule has 3 aromatic rings. The topological polar surface area (TPSA) is 52.8 Å². The van der Waals surface area contributed by atoms with Gasteiger partial charge in [0.25, 0.3) is 0 Å². The summed E-state index contributed by atoms with van der Waals surface area (Å²) in [7, 11) is 0. The lowest BCUT2D eigenvalue weighted by molar-refractivity contribution is 0.474. The number of benzene rings is 1. The lowest BCUT2D eigenvalue weighted by Gasteiger charge is -2.29. The van der Waals surface area contributed by atoms with Crippen molar-refractivity contribution < 1.29 is 5.11 Å². The van der Waals surface area contributed by atoms with E-state index in [4.69, 9.17) is 0 Å². The number of aromatic nitrogens is 2. The van der Waals surface area contributed by atoms with E-state index in [1.54, 1.807) is 12.1 Å². The van der Waals surface area contributed by atoms with Gasteiger partial charge in [0.05, 0.1) is 11.7 Å². The molecule has 5 heteroatoms. The van der Waals surface area contributed by atoms with Crippen LogP contribution in [0, 0.1) is 0 Å². The molecule has 0 aliphatic carbocycles. The number of fused-ring (bicyclic) bond motifs is 1. The number of piperazine rings is 1. The fraction of sp³-hybridized carbons (Fsp3) is 0.278. The predicted octanol–water partition coefficient (Wildman–Crippen LogP) is 2.04. The summed E-state index contributed by atoms with van der Waals surface area (Å²) in [6.45, 7) is 4.15. The number of hydrogen-bond donors (Lipinski definition) is 2. The SMILES string of the molecule is Oc1cccc(Cc2ncc3cc(N4CCNCC4)ccn23)c1. The Morgan fingerprint density at radius 3 is 2.83 bits per heavy atom. The summed E-state index contributed by atoms with van der Waals surface area (Å²) in [5.74, 6) is 1.28. The first-order chi connectivity index (χ1) is 11.3. The maximum absolute atomic E-state index is 9.60. The van der Waals surface area contributed by atoms with E-state index >= 15 is 0 Å². The summed E-state index contributed by atoms with van der Waals surface area (Å²) in [4.78, 5) is 6.96. The average molecular weight is 308 g/mol. The van der Waals surface area contributed by atoms with Crippen LogP contribution in [0.5, 0.6) is 5.75 Å². The van der Waals surface area contributed by atoms with Gasteiger partial charge in [-0.15, -0.1) is 0 Å². The Morgan fingerprint density at radius 1 is 1.13 bits per heavy atom. The molecule has 0 spiro atoms. The number of nitrogens with zero attached hydrogens (tertiary/aromatic N) is 3. The fourth-order valence-corrected chi connectivity index (χ4v) is 3.14. The third-order valence-electron chi connectivity index (χ3n) is 4.35. The van der Waals surface area contributed by atoms with Crippen molar-refractivity contribution in [2.24, 2.45) is 0 Å². The zero-order valence-corrected chi connectivity index (χ0v) is 12.9. The van der Waals surface area contributed by atoms with Gasteiger partial charge in [-0.05, 0) is 29.8 Å². The molecule has 1 aromatic carbocycles. The van der Waals surface area contributed by atoms with Gasteiger partial charge in [0.2, 0.25) is 0 Å². The average Bonchev–Trinajstić information content (AvgIpc) is 2.98. The van der Waals surface area contributed by atoms with Gasteiger partial charge in [-0.2, -0.15) is 0 Å². The Kier molecular flexibility index (Phi) is 3.63. The zero-order chi connectivity index (χ0) is 15.6. The summed E-state index contributed by atoms with van der Waals surface area (Å²) in [6.07, 6.45) is 4.72. The first-order valence-electron chi connectivity index (χ1n) is 7.99. The van der Waals surface area contributed by atoms with E-state index < -0.39 is 0 Å². The molecule has 4 rings (SSSR count). The molecule has 118 valence electrons. The van der Waals surface area contributed by atoms with Crippen molar-refractivity contribution in [1.82, 2.24) is 14.7 Å². The van der Waals surface area contributed by atoms with Crippen LogP contribution in [0.3, 0.4) is 0 Å². The molecule has 1 saturated heterocycles. The maximum atomic E-state index is 9.60. The monoisotopic (exact) mass is 308 g/mol. The second kappa shape index (κ2) is 5.93. The Balaban J connectivity index is 1.62. The molecule has 2 aromatic heterocycles. The van der Waals surface area contributed by atoms with Crippen molar-refractivity contribution in [2.75, 3.05) is 31.1 Å². The van der Waals surface area contributed by atoms with Gasteiger partial charge >= 0.3 is 0 Å². The Morgan fingerprint density at radius 2 is 2.00 bits per heavy atom. The van der Waals surface area contributed by atoms with Gasteiger partial charge in [0.15, 0.2) is 0 Å². The van der Waals surface area contributed by atoms with Gasteiger partial charge in [-0.1, -0.05) is 12.1 Å². The first kappa shape index (κ1) is 14.1. The Bertz CT molecular complexity index is 821. The Hall–Kier alpha value is -2.53. The van der Waals surface area contributed by atoms with Crippen LogP contribution < -0.4 is 10.2 Å². The summed E-state index contributed by atoms with van der Waals surface area (Å²) in [6, 6.07) is 11.7. The maximum Gasteiger partial charge on any atom is 0.117 e. The normalized spacial score (nSPS) is 15.2. The number of hydrogen-bond acceptors (Lipinski definition) is 4. The molecule has 3 heterocycles. The van der Waals surface area contributed by atoms with E-state index in [9.17, 15) is 5.11 Å². The molecule has 0 radical (unpaired) electrons. The van der Waals surface area contributed by atoms with Gasteiger partial charge in [0, 0.05) is 44.5 Å². The molecule has 0 unspecified atom stereocenters. The minimum Gasteiger partial charge on any atom is -0.508 e. The van der Waals surface area contributed by atoms with Crippen LogP contribution in [0.15, 0.2) is 48.8 Å². The fourth-order valence-electron chi connectivity index (χ4n) is 3.14. The number of phenolic OH excluding ortho intramolecular Hbond substituents is 1. The molecule has 1 aliphatic heterocycles. The van der Waals surface area contributed by atoms with Crippen LogP contribution >= 0.6 is 0 Å². The van der Waals surface area contributed by atoms with E-state index in [1.165, 1.54) is 5.69 Å². The predicted molar refractivity (Wildman–Crippen MR) is 91.2 cm³/mol. The number of phenols is 1. The zero-order valence-electron chi connectivity index (χ0n) is 12.9. The molecule has 2 N–H and O–H groups in total. The number of nitrogens with one attached hydrogen (secondary N) is 1. The van der Waals surface area contributed by atoms with Gasteiger partial charge < -0.3 is 19.7 Å². The van der Waals surface area contributed by atoms with Crippen molar-refractivity contribution in [3.8, 4) is 5.75 Å². The van der Waals surface area contributed by atoms with E-state index in [0.717, 1.165) is 43.1 Å². The van der Waals surface area contributed by atoms with Crippen molar-refractivity contribution in [1.29, 1.82) is 0 Å². The first-order valence-corrected chi connectivity index (χ1v) is 7.99. The highest BCUT2D eigenvalue weighted by Crippen LogP contribution is 2.20. The van der Waals surface area contributed by atoms with Crippen LogP contribution in [0.2, 0.25) is 0 Å². The number of aromatic hydroxyl groups is 1. The van der Waals surface area contributed by atoms with Crippen molar-refractivity contribution in [2.45, 2.75) is 6.42 Å². The molecular formula is C18H20N4O. The minimum atomic E-state index is 0.296. The smallest absolute Gasteiger partial charge is 0.117 e. The molecule has 0 atom stereocenters. The number of anilines is 1. The second-order valence-corrected chi connectivity index (χ2v) is 5.94. The molecule has 23 heavy (non-hydrogen) atoms. The highest BCUT2D eigenvalue weighted by atomic mass is 16.3. The molecule has 0 saturated carbocycles. The van der Waals surface area contributed by atoms with Crippen LogP contribution in [0.4, 0.5) is 5.69 Å². The number of imidazole rings is 1. The minimum absolute atomic E-state index is 0.296. The molecule has 5 nitrogen and oxygen atoms in total. The summed E-state index contributed by atoms with van der Waals surface area (Å²) < 4.78 is 2.12. The quantitative estimate of drug-likeness (QED) is 0.777. The number of rotatable bonds is 3. The number of pyridine rings is 1. The third kappa shape index (κ3) is 2.87. The lowest BCUT2D eigenvalue weighted by Crippen LogP contribution is -2.43. The van der Waals surface area contributed by atoms with Crippen molar-refractivity contribution in [3.63, 3.8) is 0 Å². The van der Waals surface area contributed by atoms with Gasteiger partial charge in [-0.25, -0.2) is 4.98 Å². The summed E-state index contributed by atoms with van der Waals surface area (Å²) >= 11 is 0. The largest absolute Gasteiger partial charge is 0.508 e. The van der Waals surface area contributed by atoms with E-state index in [-0.39, 0.29) is 0 Å². The van der Waals surface area contributed by atoms with E-state index in [2.05, 4.69) is 37.9 Å². The summed E-state index contributed by atoms with van der Waals surface area (Å²) in [5.41, 5.74) is 3.42. The Labute approximate surface area is 135 Å². The van der Waals surface area contributed by atoms with Crippen LogP contribution in [-0.4, -0.2) is 40.7 Å². The van der Waals surface area contributed by atoms with Crippen LogP contribution in [-0.2, 0) is 6.42 Å². The van der Waals surface area contributed by atoms with Crippen molar-refractivity contribution >= 4 is 11.2 Å². The van der Waals surface area contributed by atoms with Crippen LogP contribution in [0.25, 0.3) is 5.52 Å². The summed E-state index contributed by atoms with van der Waals surface area (Å²) in [5, 5.41) is 13.0. The van der Waals surface area contributed by atoms with Gasteiger partial charge in [-0.3, -0.25) is 0 Å². The highest BCUT2D eigenvalue weighted by Gasteiger charge is 2.12. The molecule has 0 bridgehead atoms. The van der Waals surface area contributed by atoms with Crippen LogP contribution in [0.1, 0.15) is 11.4 Å². The molecular weight excluding hydrogens is 288 g/mol.